The van der Waals surface area contributed by atoms with Crippen LogP contribution < -0.4 is 4.74 Å². The Hall–Kier alpha value is -0.840. The molecule has 66 valence electrons. The Morgan fingerprint density at radius 1 is 1.50 bits per heavy atom. The average molecular weight is 239 g/mol. The number of alkyl halides is 1. The molecule has 0 aliphatic carbocycles. The van der Waals surface area contributed by atoms with Crippen LogP contribution in [0, 0.1) is 5.82 Å². The van der Waals surface area contributed by atoms with Crippen molar-refractivity contribution in [3.63, 3.8) is 0 Å². The molecule has 0 saturated heterocycles. The average Bonchev–Trinajstić information content (AvgIpc) is 2.00. The van der Waals surface area contributed by atoms with E-state index in [0.717, 1.165) is 12.1 Å². The maximum absolute atomic E-state index is 12.9. The third kappa shape index (κ3) is 1.85. The van der Waals surface area contributed by atoms with E-state index in [0.29, 0.717) is 0 Å². The van der Waals surface area contributed by atoms with Gasteiger partial charge in [-0.1, -0.05) is 0 Å². The van der Waals surface area contributed by atoms with Crippen molar-refractivity contribution in [1.29, 1.82) is 0 Å². The highest BCUT2D eigenvalue weighted by atomic mass is 79.9. The van der Waals surface area contributed by atoms with Gasteiger partial charge in [-0.2, -0.15) is 0 Å². The molecular weight excluding hydrogens is 234 g/mol. The summed E-state index contributed by atoms with van der Waals surface area (Å²) in [7, 11) is 0. The van der Waals surface area contributed by atoms with Gasteiger partial charge in [0.15, 0.2) is 11.6 Å². The zero-order valence-corrected chi connectivity index (χ0v) is 7.44. The second kappa shape index (κ2) is 3.71. The molecule has 0 aliphatic heterocycles. The van der Waals surface area contributed by atoms with Crippen molar-refractivity contribution in [3.8, 4) is 11.5 Å². The lowest BCUT2D eigenvalue weighted by molar-refractivity contribution is 0.183. The highest BCUT2D eigenvalue weighted by Gasteiger charge is 2.09. The van der Waals surface area contributed by atoms with Crippen molar-refractivity contribution in [2.75, 3.05) is 6.86 Å². The van der Waals surface area contributed by atoms with E-state index >= 15 is 0 Å². The first-order chi connectivity index (χ1) is 5.65. The number of ether oxygens (including phenoxy) is 1. The molecule has 0 spiro atoms. The molecule has 0 amide bonds. The number of phenols is 1. The molecule has 0 fully saturated rings. The van der Waals surface area contributed by atoms with Crippen LogP contribution in [0.5, 0.6) is 11.5 Å². The molecule has 5 heteroatoms. The second-order valence-electron chi connectivity index (χ2n) is 1.99. The third-order valence-electron chi connectivity index (χ3n) is 1.19. The number of benzene rings is 1. The Kier molecular flexibility index (Phi) is 2.86. The van der Waals surface area contributed by atoms with Crippen molar-refractivity contribution in [2.45, 2.75) is 0 Å². The molecule has 1 aromatic rings. The van der Waals surface area contributed by atoms with E-state index in [9.17, 15) is 8.78 Å². The zero-order chi connectivity index (χ0) is 9.14. The predicted molar refractivity (Wildman–Crippen MR) is 42.4 cm³/mol. The lowest BCUT2D eigenvalue weighted by Crippen LogP contribution is -1.93. The van der Waals surface area contributed by atoms with Gasteiger partial charge < -0.3 is 9.84 Å². The van der Waals surface area contributed by atoms with E-state index < -0.39 is 12.7 Å². The van der Waals surface area contributed by atoms with Crippen molar-refractivity contribution in [2.24, 2.45) is 0 Å². The standard InChI is InChI=1S/C7H5BrF2O2/c8-5-1-4(11)2-6(7(5)10)12-3-9/h1-2,11H,3H2. The van der Waals surface area contributed by atoms with Crippen molar-refractivity contribution in [1.82, 2.24) is 0 Å². The minimum Gasteiger partial charge on any atom is -0.508 e. The number of aromatic hydroxyl groups is 1. The SMILES string of the molecule is Oc1cc(Br)c(F)c(OCF)c1. The maximum Gasteiger partial charge on any atom is 0.228 e. The van der Waals surface area contributed by atoms with E-state index in [-0.39, 0.29) is 16.0 Å². The Morgan fingerprint density at radius 2 is 2.17 bits per heavy atom. The number of hydrogen-bond donors (Lipinski definition) is 1. The molecule has 2 nitrogen and oxygen atoms in total. The lowest BCUT2D eigenvalue weighted by atomic mass is 10.3. The van der Waals surface area contributed by atoms with Gasteiger partial charge in [-0.05, 0) is 22.0 Å². The Labute approximate surface area is 75.9 Å². The fourth-order valence-electron chi connectivity index (χ4n) is 0.714. The van der Waals surface area contributed by atoms with Gasteiger partial charge in [0, 0.05) is 6.07 Å². The fraction of sp³-hybridized carbons (Fsp3) is 0.143. The molecule has 0 aliphatic rings. The van der Waals surface area contributed by atoms with Crippen LogP contribution in [0.25, 0.3) is 0 Å². The van der Waals surface area contributed by atoms with Gasteiger partial charge in [-0.15, -0.1) is 0 Å². The smallest absolute Gasteiger partial charge is 0.228 e. The summed E-state index contributed by atoms with van der Waals surface area (Å²) in [5, 5.41) is 8.95. The van der Waals surface area contributed by atoms with E-state index in [2.05, 4.69) is 20.7 Å². The summed E-state index contributed by atoms with van der Waals surface area (Å²) in [6.45, 7) is -1.13. The molecule has 0 saturated carbocycles. The summed E-state index contributed by atoms with van der Waals surface area (Å²) in [4.78, 5) is 0. The molecule has 0 atom stereocenters. The Bertz CT molecular complexity index is 291. The van der Waals surface area contributed by atoms with E-state index in [1.807, 2.05) is 0 Å². The maximum atomic E-state index is 12.9. The summed E-state index contributed by atoms with van der Waals surface area (Å²) >= 11 is 2.83. The van der Waals surface area contributed by atoms with Gasteiger partial charge >= 0.3 is 0 Å². The molecule has 1 rings (SSSR count). The second-order valence-corrected chi connectivity index (χ2v) is 2.85. The van der Waals surface area contributed by atoms with Crippen LogP contribution in [-0.2, 0) is 0 Å². The minimum atomic E-state index is -1.13. The molecule has 0 heterocycles. The number of phenolic OH excluding ortho intramolecular Hbond substituents is 1. The first-order valence-corrected chi connectivity index (χ1v) is 3.81. The van der Waals surface area contributed by atoms with Gasteiger partial charge in [-0.25, -0.2) is 8.78 Å². The summed E-state index contributed by atoms with van der Waals surface area (Å²) in [5.41, 5.74) is 0. The summed E-state index contributed by atoms with van der Waals surface area (Å²) in [6.07, 6.45) is 0. The van der Waals surface area contributed by atoms with Crippen LogP contribution in [0.1, 0.15) is 0 Å². The Balaban J connectivity index is 3.09. The van der Waals surface area contributed by atoms with Crippen molar-refractivity contribution in [3.05, 3.63) is 22.4 Å². The number of halogens is 3. The number of rotatable bonds is 2. The largest absolute Gasteiger partial charge is 0.508 e. The normalized spacial score (nSPS) is 9.92. The van der Waals surface area contributed by atoms with Crippen LogP contribution in [-0.4, -0.2) is 12.0 Å². The van der Waals surface area contributed by atoms with Gasteiger partial charge in [-0.3, -0.25) is 0 Å². The van der Waals surface area contributed by atoms with E-state index in [4.69, 9.17) is 5.11 Å². The van der Waals surface area contributed by atoms with Crippen molar-refractivity contribution >= 4 is 15.9 Å². The minimum absolute atomic E-state index is 0.0333. The Morgan fingerprint density at radius 3 is 2.75 bits per heavy atom. The summed E-state index contributed by atoms with van der Waals surface area (Å²) < 4.78 is 28.9. The van der Waals surface area contributed by atoms with Crippen LogP contribution in [0.3, 0.4) is 0 Å². The van der Waals surface area contributed by atoms with Crippen molar-refractivity contribution < 1.29 is 18.6 Å². The molecule has 0 bridgehead atoms. The first-order valence-electron chi connectivity index (χ1n) is 3.02. The molecule has 1 N–H and O–H groups in total. The molecule has 0 aromatic heterocycles. The van der Waals surface area contributed by atoms with Gasteiger partial charge in [0.1, 0.15) is 5.75 Å². The van der Waals surface area contributed by atoms with Crippen LogP contribution in [0.15, 0.2) is 16.6 Å². The fourth-order valence-corrected chi connectivity index (χ4v) is 1.14. The molecular formula is C7H5BrF2O2. The van der Waals surface area contributed by atoms with Crippen LogP contribution >= 0.6 is 15.9 Å². The van der Waals surface area contributed by atoms with Gasteiger partial charge in [0.05, 0.1) is 4.47 Å². The third-order valence-corrected chi connectivity index (χ3v) is 1.77. The monoisotopic (exact) mass is 238 g/mol. The molecule has 12 heavy (non-hydrogen) atoms. The predicted octanol–water partition coefficient (Wildman–Crippen LogP) is 2.60. The van der Waals surface area contributed by atoms with Crippen LogP contribution in [0.4, 0.5) is 8.78 Å². The lowest BCUT2D eigenvalue weighted by Gasteiger charge is -2.04. The highest BCUT2D eigenvalue weighted by Crippen LogP contribution is 2.30. The highest BCUT2D eigenvalue weighted by molar-refractivity contribution is 9.10. The van der Waals surface area contributed by atoms with E-state index in [1.54, 1.807) is 0 Å². The first kappa shape index (κ1) is 9.25. The number of hydrogen-bond acceptors (Lipinski definition) is 2. The molecule has 0 radical (unpaired) electrons. The van der Waals surface area contributed by atoms with E-state index in [1.165, 1.54) is 0 Å². The van der Waals surface area contributed by atoms with Crippen LogP contribution in [0.2, 0.25) is 0 Å². The topological polar surface area (TPSA) is 29.5 Å². The summed E-state index contributed by atoms with van der Waals surface area (Å²) in [6, 6.07) is 2.15. The molecule has 0 unspecified atom stereocenters. The van der Waals surface area contributed by atoms with Gasteiger partial charge in [0.2, 0.25) is 6.86 Å². The zero-order valence-electron chi connectivity index (χ0n) is 5.85. The summed E-state index contributed by atoms with van der Waals surface area (Å²) in [5.74, 6) is -1.23. The van der Waals surface area contributed by atoms with Gasteiger partial charge in [0.25, 0.3) is 0 Å². The quantitative estimate of drug-likeness (QED) is 0.859. The molecule has 1 aromatic carbocycles.